The molecule has 3 rings (SSSR count). The van der Waals surface area contributed by atoms with Gasteiger partial charge in [0, 0.05) is 25.2 Å². The summed E-state index contributed by atoms with van der Waals surface area (Å²) >= 11 is 0. The first-order valence-corrected chi connectivity index (χ1v) is 6.83. The van der Waals surface area contributed by atoms with Gasteiger partial charge >= 0.3 is 0 Å². The second-order valence-electron chi connectivity index (χ2n) is 5.57. The maximum atomic E-state index is 3.67. The van der Waals surface area contributed by atoms with Crippen LogP contribution in [0.5, 0.6) is 0 Å². The smallest absolute Gasteiger partial charge is 0.0238 e. The van der Waals surface area contributed by atoms with E-state index in [1.54, 1.807) is 5.56 Å². The molecule has 0 spiro atoms. The number of nitrogens with zero attached hydrogens (tertiary/aromatic N) is 1. The van der Waals surface area contributed by atoms with Crippen molar-refractivity contribution >= 4 is 0 Å². The molecule has 0 bridgehead atoms. The SMILES string of the molecule is CN(CC1Cc2ccccc2CN1)C1CCC1. The van der Waals surface area contributed by atoms with E-state index in [1.807, 2.05) is 0 Å². The summed E-state index contributed by atoms with van der Waals surface area (Å²) in [5, 5.41) is 3.67. The van der Waals surface area contributed by atoms with Crippen LogP contribution in [-0.2, 0) is 13.0 Å². The third-order valence-electron chi connectivity index (χ3n) is 4.37. The van der Waals surface area contributed by atoms with Crippen LogP contribution in [0.1, 0.15) is 30.4 Å². The molecule has 0 aromatic heterocycles. The maximum absolute atomic E-state index is 3.67. The number of hydrogen-bond acceptors (Lipinski definition) is 2. The number of rotatable bonds is 3. The van der Waals surface area contributed by atoms with Crippen molar-refractivity contribution in [3.8, 4) is 0 Å². The number of hydrogen-bond donors (Lipinski definition) is 1. The fraction of sp³-hybridized carbons (Fsp3) is 0.600. The van der Waals surface area contributed by atoms with Crippen molar-refractivity contribution in [2.24, 2.45) is 0 Å². The Kier molecular flexibility index (Phi) is 3.17. The molecule has 0 amide bonds. The quantitative estimate of drug-likeness (QED) is 0.856. The van der Waals surface area contributed by atoms with Gasteiger partial charge in [-0.15, -0.1) is 0 Å². The van der Waals surface area contributed by atoms with E-state index in [4.69, 9.17) is 0 Å². The lowest BCUT2D eigenvalue weighted by Crippen LogP contribution is -2.48. The Morgan fingerprint density at radius 1 is 1.24 bits per heavy atom. The van der Waals surface area contributed by atoms with Gasteiger partial charge in [0.05, 0.1) is 0 Å². The molecule has 1 saturated carbocycles. The van der Waals surface area contributed by atoms with Gasteiger partial charge in [0.25, 0.3) is 0 Å². The summed E-state index contributed by atoms with van der Waals surface area (Å²) in [4.78, 5) is 2.55. The van der Waals surface area contributed by atoms with E-state index in [-0.39, 0.29) is 0 Å². The summed E-state index contributed by atoms with van der Waals surface area (Å²) in [6, 6.07) is 10.3. The summed E-state index contributed by atoms with van der Waals surface area (Å²) in [6.45, 7) is 2.23. The maximum Gasteiger partial charge on any atom is 0.0238 e. The molecule has 1 N–H and O–H groups in total. The monoisotopic (exact) mass is 230 g/mol. The summed E-state index contributed by atoms with van der Waals surface area (Å²) in [7, 11) is 2.28. The van der Waals surface area contributed by atoms with Crippen molar-refractivity contribution in [2.75, 3.05) is 13.6 Å². The minimum atomic E-state index is 0.635. The molecule has 1 aliphatic heterocycles. The van der Waals surface area contributed by atoms with Crippen LogP contribution in [0.4, 0.5) is 0 Å². The van der Waals surface area contributed by atoms with Crippen LogP contribution >= 0.6 is 0 Å². The van der Waals surface area contributed by atoms with Gasteiger partial charge in [0.15, 0.2) is 0 Å². The Labute approximate surface area is 104 Å². The van der Waals surface area contributed by atoms with E-state index in [0.29, 0.717) is 6.04 Å². The van der Waals surface area contributed by atoms with Crippen LogP contribution in [-0.4, -0.2) is 30.6 Å². The van der Waals surface area contributed by atoms with Crippen LogP contribution in [0.25, 0.3) is 0 Å². The van der Waals surface area contributed by atoms with Crippen LogP contribution in [0, 0.1) is 0 Å². The standard InChI is InChI=1S/C15H22N2/c1-17(15-7-4-8-15)11-14-9-12-5-2-3-6-13(12)10-16-14/h2-3,5-6,14-16H,4,7-11H2,1H3. The molecule has 1 heterocycles. The molecule has 0 radical (unpaired) electrons. The van der Waals surface area contributed by atoms with E-state index in [9.17, 15) is 0 Å². The molecule has 1 unspecified atom stereocenters. The predicted octanol–water partition coefficient (Wildman–Crippen LogP) is 2.19. The molecule has 2 aliphatic rings. The van der Waals surface area contributed by atoms with Crippen LogP contribution in [0.15, 0.2) is 24.3 Å². The zero-order chi connectivity index (χ0) is 11.7. The van der Waals surface area contributed by atoms with Crippen LogP contribution in [0.3, 0.4) is 0 Å². The summed E-state index contributed by atoms with van der Waals surface area (Å²) in [6.07, 6.45) is 5.42. The zero-order valence-electron chi connectivity index (χ0n) is 10.7. The largest absolute Gasteiger partial charge is 0.308 e. The van der Waals surface area contributed by atoms with Gasteiger partial charge in [-0.25, -0.2) is 0 Å². The second kappa shape index (κ2) is 4.79. The minimum Gasteiger partial charge on any atom is -0.308 e. The third-order valence-corrected chi connectivity index (χ3v) is 4.37. The van der Waals surface area contributed by atoms with Gasteiger partial charge in [-0.1, -0.05) is 30.7 Å². The van der Waals surface area contributed by atoms with E-state index in [2.05, 4.69) is 41.5 Å². The van der Waals surface area contributed by atoms with Crippen molar-refractivity contribution in [1.29, 1.82) is 0 Å². The van der Waals surface area contributed by atoms with E-state index in [1.165, 1.54) is 37.8 Å². The van der Waals surface area contributed by atoms with Gasteiger partial charge in [-0.2, -0.15) is 0 Å². The molecule has 17 heavy (non-hydrogen) atoms. The highest BCUT2D eigenvalue weighted by atomic mass is 15.2. The Hall–Kier alpha value is -0.860. The van der Waals surface area contributed by atoms with Crippen molar-refractivity contribution in [3.63, 3.8) is 0 Å². The Bertz CT molecular complexity index is 384. The number of nitrogens with one attached hydrogen (secondary N) is 1. The van der Waals surface area contributed by atoms with Crippen molar-refractivity contribution in [1.82, 2.24) is 10.2 Å². The first-order valence-electron chi connectivity index (χ1n) is 6.83. The Morgan fingerprint density at radius 2 is 2.00 bits per heavy atom. The van der Waals surface area contributed by atoms with Gasteiger partial charge in [-0.05, 0) is 37.4 Å². The average molecular weight is 230 g/mol. The van der Waals surface area contributed by atoms with Crippen molar-refractivity contribution < 1.29 is 0 Å². The topological polar surface area (TPSA) is 15.3 Å². The normalized spacial score (nSPS) is 24.5. The molecule has 1 fully saturated rings. The molecule has 2 nitrogen and oxygen atoms in total. The van der Waals surface area contributed by atoms with Crippen molar-refractivity contribution in [3.05, 3.63) is 35.4 Å². The Balaban J connectivity index is 1.60. The lowest BCUT2D eigenvalue weighted by atomic mass is 9.90. The first kappa shape index (κ1) is 11.2. The zero-order valence-corrected chi connectivity index (χ0v) is 10.7. The van der Waals surface area contributed by atoms with E-state index < -0.39 is 0 Å². The van der Waals surface area contributed by atoms with Crippen LogP contribution < -0.4 is 5.32 Å². The van der Waals surface area contributed by atoms with Gasteiger partial charge in [0.2, 0.25) is 0 Å². The third kappa shape index (κ3) is 2.38. The van der Waals surface area contributed by atoms with E-state index in [0.717, 1.165) is 12.6 Å². The molecular weight excluding hydrogens is 208 g/mol. The molecule has 2 heteroatoms. The minimum absolute atomic E-state index is 0.635. The highest BCUT2D eigenvalue weighted by Crippen LogP contribution is 2.24. The van der Waals surface area contributed by atoms with Crippen LogP contribution in [0.2, 0.25) is 0 Å². The molecule has 1 aromatic carbocycles. The first-order chi connectivity index (χ1) is 8.33. The fourth-order valence-corrected chi connectivity index (χ4v) is 2.97. The summed E-state index contributed by atoms with van der Waals surface area (Å²) in [5.74, 6) is 0. The Morgan fingerprint density at radius 3 is 2.71 bits per heavy atom. The van der Waals surface area contributed by atoms with Crippen molar-refractivity contribution in [2.45, 2.75) is 44.3 Å². The lowest BCUT2D eigenvalue weighted by molar-refractivity contribution is 0.143. The van der Waals surface area contributed by atoms with Gasteiger partial charge in [-0.3, -0.25) is 0 Å². The second-order valence-corrected chi connectivity index (χ2v) is 5.57. The summed E-state index contributed by atoms with van der Waals surface area (Å²) < 4.78 is 0. The average Bonchev–Trinajstić information content (AvgIpc) is 2.26. The van der Waals surface area contributed by atoms with Gasteiger partial charge < -0.3 is 10.2 Å². The molecule has 1 aliphatic carbocycles. The highest BCUT2D eigenvalue weighted by Gasteiger charge is 2.25. The summed E-state index contributed by atoms with van der Waals surface area (Å²) in [5.41, 5.74) is 3.02. The molecule has 92 valence electrons. The fourth-order valence-electron chi connectivity index (χ4n) is 2.97. The molecular formula is C15H22N2. The number of likely N-dealkylation sites (N-methyl/N-ethyl adjacent to an activating group) is 1. The predicted molar refractivity (Wildman–Crippen MR) is 71.0 cm³/mol. The number of fused-ring (bicyclic) bond motifs is 1. The number of benzene rings is 1. The molecule has 1 aromatic rings. The lowest BCUT2D eigenvalue weighted by Gasteiger charge is -2.38. The van der Waals surface area contributed by atoms with E-state index >= 15 is 0 Å². The molecule has 1 atom stereocenters. The highest BCUT2D eigenvalue weighted by molar-refractivity contribution is 5.29. The molecule has 0 saturated heterocycles. The van der Waals surface area contributed by atoms with Gasteiger partial charge in [0.1, 0.15) is 0 Å².